The van der Waals surface area contributed by atoms with Gasteiger partial charge in [0.25, 0.3) is 11.6 Å². The highest BCUT2D eigenvalue weighted by molar-refractivity contribution is 7.07. The molecule has 0 aliphatic carbocycles. The molecule has 0 unspecified atom stereocenters. The molecule has 9 nitrogen and oxygen atoms in total. The van der Waals surface area contributed by atoms with Crippen molar-refractivity contribution >= 4 is 22.9 Å². The first-order chi connectivity index (χ1) is 15.1. The Balaban J connectivity index is 1.61. The number of nitro groups is 1. The third-order valence-corrected chi connectivity index (χ3v) is 5.40. The number of fused-ring (bicyclic) bond motifs is 1. The molecule has 0 spiro atoms. The molecular formula is C21H18N4O5S. The third-order valence-electron chi connectivity index (χ3n) is 4.54. The Labute approximate surface area is 181 Å². The summed E-state index contributed by atoms with van der Waals surface area (Å²) in [6.45, 7) is 5.32. The topological polar surface area (TPSA) is 108 Å². The number of carbonyl (C=O) groups excluding carboxylic acids is 1. The molecular weight excluding hydrogens is 420 g/mol. The summed E-state index contributed by atoms with van der Waals surface area (Å²) in [7, 11) is 0. The lowest BCUT2D eigenvalue weighted by atomic mass is 10.1. The first kappa shape index (κ1) is 20.4. The zero-order valence-corrected chi connectivity index (χ0v) is 17.1. The lowest BCUT2D eigenvalue weighted by Crippen LogP contribution is -2.24. The molecule has 10 heteroatoms. The molecule has 1 amide bonds. The van der Waals surface area contributed by atoms with Gasteiger partial charge in [0.05, 0.1) is 10.6 Å². The van der Waals surface area contributed by atoms with Crippen molar-refractivity contribution < 1.29 is 19.2 Å². The number of allylic oxidation sites excluding steroid dienone is 1. The van der Waals surface area contributed by atoms with Crippen LogP contribution in [0.15, 0.2) is 65.6 Å². The lowest BCUT2D eigenvalue weighted by molar-refractivity contribution is -0.384. The fourth-order valence-corrected chi connectivity index (χ4v) is 3.93. The normalized spacial score (nSPS) is 13.0. The molecule has 158 valence electrons. The molecule has 3 aromatic rings. The van der Waals surface area contributed by atoms with E-state index in [0.717, 1.165) is 11.3 Å². The smallest absolute Gasteiger partial charge is 0.271 e. The predicted molar refractivity (Wildman–Crippen MR) is 115 cm³/mol. The number of nitrogens with one attached hydrogen (secondary N) is 1. The average Bonchev–Trinajstić information content (AvgIpc) is 3.20. The summed E-state index contributed by atoms with van der Waals surface area (Å²) in [6, 6.07) is 11.0. The van der Waals surface area contributed by atoms with Crippen LogP contribution in [0.1, 0.15) is 10.4 Å². The van der Waals surface area contributed by atoms with Crippen molar-refractivity contribution in [3.63, 3.8) is 0 Å². The third kappa shape index (κ3) is 4.33. The highest BCUT2D eigenvalue weighted by atomic mass is 32.1. The summed E-state index contributed by atoms with van der Waals surface area (Å²) in [6.07, 6.45) is 1.74. The first-order valence-electron chi connectivity index (χ1n) is 9.34. The number of carbonyl (C=O) groups is 1. The van der Waals surface area contributed by atoms with Crippen LogP contribution in [0.4, 0.5) is 5.69 Å². The monoisotopic (exact) mass is 438 g/mol. The van der Waals surface area contributed by atoms with E-state index in [1.54, 1.807) is 6.08 Å². The summed E-state index contributed by atoms with van der Waals surface area (Å²) in [5.41, 5.74) is 4.51. The van der Waals surface area contributed by atoms with Gasteiger partial charge in [0.2, 0.25) is 4.80 Å². The van der Waals surface area contributed by atoms with Crippen LogP contribution in [0.2, 0.25) is 0 Å². The first-order valence-corrected chi connectivity index (χ1v) is 10.2. The molecule has 2 aromatic carbocycles. The highest BCUT2D eigenvalue weighted by Gasteiger charge is 2.15. The molecule has 1 N–H and O–H groups in total. The Morgan fingerprint density at radius 3 is 2.68 bits per heavy atom. The number of nitrogens with zero attached hydrogens (tertiary/aromatic N) is 3. The van der Waals surface area contributed by atoms with E-state index in [1.165, 1.54) is 35.6 Å². The second-order valence-corrected chi connectivity index (χ2v) is 7.35. The molecule has 1 aromatic heterocycles. The lowest BCUT2D eigenvalue weighted by Gasteiger charge is -2.19. The summed E-state index contributed by atoms with van der Waals surface area (Å²) in [5, 5.41) is 16.9. The minimum Gasteiger partial charge on any atom is -0.486 e. The highest BCUT2D eigenvalue weighted by Crippen LogP contribution is 2.34. The number of amides is 1. The zero-order chi connectivity index (χ0) is 21.8. The van der Waals surface area contributed by atoms with E-state index < -0.39 is 10.8 Å². The molecule has 0 radical (unpaired) electrons. The predicted octanol–water partition coefficient (Wildman–Crippen LogP) is 3.33. The van der Waals surface area contributed by atoms with E-state index in [4.69, 9.17) is 9.47 Å². The number of ether oxygens (including phenoxy) is 2. The molecule has 0 fully saturated rings. The maximum Gasteiger partial charge on any atom is 0.271 e. The number of non-ortho nitro benzene ring substituents is 1. The van der Waals surface area contributed by atoms with Crippen LogP contribution in [0.3, 0.4) is 0 Å². The Hall–Kier alpha value is -3.92. The Bertz CT molecular complexity index is 1210. The quantitative estimate of drug-likeness (QED) is 0.361. The molecule has 1 aliphatic rings. The van der Waals surface area contributed by atoms with Gasteiger partial charge in [-0.05, 0) is 30.3 Å². The average molecular weight is 438 g/mol. The zero-order valence-electron chi connectivity index (χ0n) is 16.3. The number of rotatable bonds is 6. The van der Waals surface area contributed by atoms with Crippen molar-refractivity contribution in [1.82, 2.24) is 9.99 Å². The standard InChI is InChI=1S/C21H18N4O5S/c1-2-9-24-17(15-5-8-18-19(12-15)30-11-10-29-18)13-31-21(24)23-22-20(26)14-3-6-16(7-4-14)25(27)28/h2-8,12-13H,1,9-11H2,(H,22,26)/b23-21+. The van der Waals surface area contributed by atoms with Gasteiger partial charge in [-0.15, -0.1) is 23.0 Å². The van der Waals surface area contributed by atoms with E-state index in [-0.39, 0.29) is 11.3 Å². The largest absolute Gasteiger partial charge is 0.486 e. The minimum atomic E-state index is -0.519. The number of benzene rings is 2. The second-order valence-electron chi connectivity index (χ2n) is 6.52. The van der Waals surface area contributed by atoms with Crippen LogP contribution in [0.25, 0.3) is 11.3 Å². The van der Waals surface area contributed by atoms with Gasteiger partial charge in [-0.1, -0.05) is 6.08 Å². The molecule has 2 heterocycles. The maximum atomic E-state index is 12.4. The van der Waals surface area contributed by atoms with E-state index >= 15 is 0 Å². The summed E-state index contributed by atoms with van der Waals surface area (Å²) in [4.78, 5) is 23.2. The number of hydrogen-bond donors (Lipinski definition) is 1. The van der Waals surface area contributed by atoms with Crippen molar-refractivity contribution in [1.29, 1.82) is 0 Å². The van der Waals surface area contributed by atoms with Crippen LogP contribution in [0, 0.1) is 10.1 Å². The van der Waals surface area contributed by atoms with Gasteiger partial charge >= 0.3 is 0 Å². The van der Waals surface area contributed by atoms with E-state index in [0.29, 0.717) is 36.1 Å². The van der Waals surface area contributed by atoms with Crippen LogP contribution < -0.4 is 19.7 Å². The fraction of sp³-hybridized carbons (Fsp3) is 0.143. The van der Waals surface area contributed by atoms with Gasteiger partial charge < -0.3 is 14.0 Å². The van der Waals surface area contributed by atoms with Crippen molar-refractivity contribution in [2.45, 2.75) is 6.54 Å². The van der Waals surface area contributed by atoms with Crippen molar-refractivity contribution in [2.75, 3.05) is 13.2 Å². The number of nitro benzene ring substituents is 1. The number of aromatic nitrogens is 1. The van der Waals surface area contributed by atoms with Crippen LogP contribution in [-0.2, 0) is 6.54 Å². The Morgan fingerprint density at radius 1 is 1.23 bits per heavy atom. The van der Waals surface area contributed by atoms with Crippen LogP contribution in [-0.4, -0.2) is 28.6 Å². The van der Waals surface area contributed by atoms with Gasteiger partial charge in [0.15, 0.2) is 11.5 Å². The van der Waals surface area contributed by atoms with Crippen molar-refractivity contribution in [2.24, 2.45) is 5.10 Å². The number of hydrogen-bond acceptors (Lipinski definition) is 7. The van der Waals surface area contributed by atoms with Gasteiger partial charge in [-0.2, -0.15) is 0 Å². The van der Waals surface area contributed by atoms with Crippen molar-refractivity contribution in [3.8, 4) is 22.8 Å². The molecule has 31 heavy (non-hydrogen) atoms. The van der Waals surface area contributed by atoms with Gasteiger partial charge in [-0.3, -0.25) is 14.9 Å². The molecule has 0 saturated carbocycles. The van der Waals surface area contributed by atoms with E-state index in [2.05, 4.69) is 17.1 Å². The van der Waals surface area contributed by atoms with Crippen molar-refractivity contribution in [3.05, 3.63) is 81.0 Å². The fourth-order valence-electron chi connectivity index (χ4n) is 3.06. The molecule has 0 saturated heterocycles. The van der Waals surface area contributed by atoms with Crippen LogP contribution >= 0.6 is 11.3 Å². The SMILES string of the molecule is C=CCn1c(-c2ccc3c(c2)OCCO3)cs/c1=N/NC(=O)c1ccc([N+](=O)[O-])cc1. The van der Waals surface area contributed by atoms with Gasteiger partial charge in [0, 0.05) is 35.2 Å². The van der Waals surface area contributed by atoms with Crippen LogP contribution in [0.5, 0.6) is 11.5 Å². The maximum absolute atomic E-state index is 12.4. The van der Waals surface area contributed by atoms with Gasteiger partial charge in [-0.25, -0.2) is 5.43 Å². The summed E-state index contributed by atoms with van der Waals surface area (Å²) < 4.78 is 13.2. The second kappa shape index (κ2) is 8.84. The molecule has 1 aliphatic heterocycles. The Kier molecular flexibility index (Phi) is 5.80. The number of thiazole rings is 1. The van der Waals surface area contributed by atoms with E-state index in [1.807, 2.05) is 28.1 Å². The minimum absolute atomic E-state index is 0.0837. The summed E-state index contributed by atoms with van der Waals surface area (Å²) in [5.74, 6) is 0.931. The Morgan fingerprint density at radius 2 is 1.97 bits per heavy atom. The van der Waals surface area contributed by atoms with E-state index in [9.17, 15) is 14.9 Å². The molecule has 0 atom stereocenters. The molecule has 0 bridgehead atoms. The summed E-state index contributed by atoms with van der Waals surface area (Å²) >= 11 is 1.36. The molecule has 4 rings (SSSR count). The van der Waals surface area contributed by atoms with Gasteiger partial charge in [0.1, 0.15) is 13.2 Å².